The second-order valence-electron chi connectivity index (χ2n) is 8.65. The lowest BCUT2D eigenvalue weighted by molar-refractivity contribution is -0.130. The van der Waals surface area contributed by atoms with E-state index in [2.05, 4.69) is 25.9 Å². The van der Waals surface area contributed by atoms with Crippen LogP contribution in [0.5, 0.6) is 5.75 Å². The van der Waals surface area contributed by atoms with E-state index in [0.29, 0.717) is 16.9 Å². The average Bonchev–Trinajstić information content (AvgIpc) is 2.77. The Balaban J connectivity index is 1.67. The van der Waals surface area contributed by atoms with Crippen molar-refractivity contribution in [3.63, 3.8) is 0 Å². The van der Waals surface area contributed by atoms with Gasteiger partial charge in [0.2, 0.25) is 0 Å². The van der Waals surface area contributed by atoms with Crippen molar-refractivity contribution in [3.8, 4) is 5.75 Å². The average molecular weight is 487 g/mol. The maximum absolute atomic E-state index is 14.9. The van der Waals surface area contributed by atoms with Crippen molar-refractivity contribution in [2.45, 2.75) is 25.9 Å². The molecule has 35 heavy (non-hydrogen) atoms. The Labute approximate surface area is 201 Å². The molecule has 0 spiro atoms. The number of benzene rings is 2. The number of anilines is 3. The molecule has 0 radical (unpaired) electrons. The maximum atomic E-state index is 14.9. The number of nitrogens with one attached hydrogen (secondary N) is 3. The number of carbonyl (C=O) groups excluding carboxylic acids is 2. The fourth-order valence-corrected chi connectivity index (χ4v) is 2.99. The van der Waals surface area contributed by atoms with Gasteiger partial charge in [0.15, 0.2) is 6.61 Å². The number of alkyl halides is 1. The summed E-state index contributed by atoms with van der Waals surface area (Å²) in [6.07, 6.45) is 1.49. The number of hydrogen-bond donors (Lipinski definition) is 3. The molecule has 9 nitrogen and oxygen atoms in total. The highest BCUT2D eigenvalue weighted by Crippen LogP contribution is 2.29. The lowest BCUT2D eigenvalue weighted by atomic mass is 10.1. The molecule has 11 heteroatoms. The predicted octanol–water partition coefficient (Wildman–Crippen LogP) is 4.24. The van der Waals surface area contributed by atoms with E-state index in [4.69, 9.17) is 4.74 Å². The van der Waals surface area contributed by atoms with Crippen LogP contribution in [0.25, 0.3) is 10.9 Å². The van der Waals surface area contributed by atoms with Gasteiger partial charge in [-0.15, -0.1) is 0 Å². The van der Waals surface area contributed by atoms with E-state index >= 15 is 0 Å². The molecule has 0 saturated carbocycles. The van der Waals surface area contributed by atoms with Gasteiger partial charge in [-0.25, -0.2) is 23.5 Å². The topological polar surface area (TPSA) is 108 Å². The summed E-state index contributed by atoms with van der Waals surface area (Å²) in [6.45, 7) is 2.89. The summed E-state index contributed by atoms with van der Waals surface area (Å²) in [5.74, 6) is -0.437. The second kappa shape index (κ2) is 10.9. The van der Waals surface area contributed by atoms with Crippen LogP contribution in [0.3, 0.4) is 0 Å². The normalized spacial score (nSPS) is 11.1. The zero-order valence-electron chi connectivity index (χ0n) is 20.0. The Morgan fingerprint density at radius 3 is 2.43 bits per heavy atom. The Hall–Kier alpha value is -4.02. The number of fused-ring (bicyclic) bond motifs is 1. The molecule has 2 aromatic carbocycles. The highest BCUT2D eigenvalue weighted by molar-refractivity contribution is 5.92. The molecule has 0 aliphatic heterocycles. The van der Waals surface area contributed by atoms with Crippen molar-refractivity contribution in [2.24, 2.45) is 0 Å². The van der Waals surface area contributed by atoms with Gasteiger partial charge < -0.3 is 25.6 Å². The minimum Gasteiger partial charge on any atom is -0.484 e. The van der Waals surface area contributed by atoms with Crippen molar-refractivity contribution in [1.29, 1.82) is 0 Å². The molecule has 3 N–H and O–H groups in total. The van der Waals surface area contributed by atoms with Gasteiger partial charge in [0.25, 0.3) is 5.91 Å². The SMILES string of the molecule is CN(C)C(=O)COc1cc(F)c2c(Nc3ccc(NC(=O)NCCC(C)(C)F)cc3)ncnc2c1. The van der Waals surface area contributed by atoms with Crippen LogP contribution in [-0.4, -0.2) is 59.7 Å². The summed E-state index contributed by atoms with van der Waals surface area (Å²) in [5, 5.41) is 8.47. The van der Waals surface area contributed by atoms with E-state index in [1.807, 2.05) is 0 Å². The van der Waals surface area contributed by atoms with E-state index < -0.39 is 17.5 Å². The molecular weight excluding hydrogens is 458 g/mol. The van der Waals surface area contributed by atoms with Crippen molar-refractivity contribution in [1.82, 2.24) is 20.2 Å². The third-order valence-electron chi connectivity index (χ3n) is 4.94. The Morgan fingerprint density at radius 1 is 1.09 bits per heavy atom. The van der Waals surface area contributed by atoms with Gasteiger partial charge in [0, 0.05) is 44.1 Å². The summed E-state index contributed by atoms with van der Waals surface area (Å²) < 4.78 is 33.8. The predicted molar refractivity (Wildman–Crippen MR) is 130 cm³/mol. The molecule has 1 heterocycles. The molecule has 3 rings (SSSR count). The summed E-state index contributed by atoms with van der Waals surface area (Å²) in [7, 11) is 3.20. The molecule has 0 bridgehead atoms. The number of hydrogen-bond acceptors (Lipinski definition) is 6. The van der Waals surface area contributed by atoms with Gasteiger partial charge in [0.1, 0.15) is 29.4 Å². The van der Waals surface area contributed by atoms with Crippen LogP contribution in [-0.2, 0) is 4.79 Å². The van der Waals surface area contributed by atoms with Crippen LogP contribution < -0.4 is 20.7 Å². The molecule has 1 aromatic heterocycles. The monoisotopic (exact) mass is 486 g/mol. The number of urea groups is 1. The summed E-state index contributed by atoms with van der Waals surface area (Å²) >= 11 is 0. The fraction of sp³-hybridized carbons (Fsp3) is 0.333. The van der Waals surface area contributed by atoms with Gasteiger partial charge >= 0.3 is 6.03 Å². The molecular formula is C24H28F2N6O3. The Morgan fingerprint density at radius 2 is 1.77 bits per heavy atom. The maximum Gasteiger partial charge on any atom is 0.319 e. The number of halogens is 2. The van der Waals surface area contributed by atoms with Gasteiger partial charge in [-0.2, -0.15) is 0 Å². The van der Waals surface area contributed by atoms with Gasteiger partial charge in [0.05, 0.1) is 10.9 Å². The molecule has 186 valence electrons. The van der Waals surface area contributed by atoms with Crippen molar-refractivity contribution in [3.05, 3.63) is 48.5 Å². The fourth-order valence-electron chi connectivity index (χ4n) is 2.99. The molecule has 0 saturated heterocycles. The molecule has 0 aliphatic carbocycles. The first-order chi connectivity index (χ1) is 16.5. The summed E-state index contributed by atoms with van der Waals surface area (Å²) in [5.41, 5.74) is 0.0818. The minimum absolute atomic E-state index is 0.163. The number of likely N-dealkylation sites (N-methyl/N-ethyl adjacent to an activating group) is 1. The molecule has 3 aromatic rings. The zero-order valence-corrected chi connectivity index (χ0v) is 20.0. The van der Waals surface area contributed by atoms with Crippen molar-refractivity contribution < 1.29 is 23.1 Å². The van der Waals surface area contributed by atoms with Gasteiger partial charge in [-0.3, -0.25) is 4.79 Å². The largest absolute Gasteiger partial charge is 0.484 e. The van der Waals surface area contributed by atoms with Crippen LogP contribution in [0, 0.1) is 5.82 Å². The Kier molecular flexibility index (Phi) is 8.00. The zero-order chi connectivity index (χ0) is 25.6. The molecule has 3 amide bonds. The quantitative estimate of drug-likeness (QED) is 0.418. The number of aromatic nitrogens is 2. The standard InChI is InChI=1S/C24H28F2N6O3/c1-24(2,26)9-10-27-23(34)31-16-7-5-15(6-8-16)30-22-21-18(25)11-17(12-19(21)28-14-29-22)35-13-20(33)32(3)4/h5-8,11-12,14H,9-10,13H2,1-4H3,(H2,27,31,34)(H,28,29,30). The first-order valence-electron chi connectivity index (χ1n) is 10.9. The van der Waals surface area contributed by atoms with Gasteiger partial charge in [-0.05, 0) is 44.5 Å². The number of carbonyl (C=O) groups is 2. The van der Waals surface area contributed by atoms with Crippen LogP contribution >= 0.6 is 0 Å². The number of nitrogens with zero attached hydrogens (tertiary/aromatic N) is 3. The van der Waals surface area contributed by atoms with E-state index in [-0.39, 0.29) is 42.4 Å². The first kappa shape index (κ1) is 25.6. The van der Waals surface area contributed by atoms with Crippen LogP contribution in [0.15, 0.2) is 42.7 Å². The van der Waals surface area contributed by atoms with E-state index in [0.717, 1.165) is 0 Å². The number of amides is 3. The van der Waals surface area contributed by atoms with E-state index in [9.17, 15) is 18.4 Å². The summed E-state index contributed by atoms with van der Waals surface area (Å²) in [4.78, 5) is 33.3. The Bertz CT molecular complexity index is 1200. The lowest BCUT2D eigenvalue weighted by Crippen LogP contribution is -2.32. The minimum atomic E-state index is -1.36. The molecule has 0 aliphatic rings. The molecule has 0 unspecified atom stereocenters. The first-order valence-corrected chi connectivity index (χ1v) is 10.9. The van der Waals surface area contributed by atoms with Gasteiger partial charge in [-0.1, -0.05) is 0 Å². The summed E-state index contributed by atoms with van der Waals surface area (Å²) in [6, 6.07) is 8.97. The van der Waals surface area contributed by atoms with Crippen LogP contribution in [0.2, 0.25) is 0 Å². The van der Waals surface area contributed by atoms with E-state index in [1.165, 1.54) is 37.2 Å². The van der Waals surface area contributed by atoms with Crippen molar-refractivity contribution in [2.75, 3.05) is 37.9 Å². The van der Waals surface area contributed by atoms with Crippen LogP contribution in [0.4, 0.5) is 30.8 Å². The lowest BCUT2D eigenvalue weighted by Gasteiger charge is -2.15. The highest BCUT2D eigenvalue weighted by atomic mass is 19.1. The number of rotatable bonds is 9. The van der Waals surface area contributed by atoms with Crippen LogP contribution in [0.1, 0.15) is 20.3 Å². The third kappa shape index (κ3) is 7.49. The van der Waals surface area contributed by atoms with Crippen molar-refractivity contribution >= 4 is 40.0 Å². The molecule has 0 fully saturated rings. The molecule has 0 atom stereocenters. The smallest absolute Gasteiger partial charge is 0.319 e. The van der Waals surface area contributed by atoms with E-state index in [1.54, 1.807) is 38.4 Å². The highest BCUT2D eigenvalue weighted by Gasteiger charge is 2.16. The number of ether oxygens (including phenoxy) is 1. The third-order valence-corrected chi connectivity index (χ3v) is 4.94. The second-order valence-corrected chi connectivity index (χ2v) is 8.65.